The highest BCUT2D eigenvalue weighted by atomic mass is 19.4. The van der Waals surface area contributed by atoms with Crippen LogP contribution in [0.2, 0.25) is 0 Å². The van der Waals surface area contributed by atoms with Gasteiger partial charge in [-0.1, -0.05) is 42.5 Å². The highest BCUT2D eigenvalue weighted by Gasteiger charge is 2.45. The number of nitrogen functional groups attached to an aromatic ring is 1. The molecule has 2 aromatic heterocycles. The van der Waals surface area contributed by atoms with Crippen molar-refractivity contribution in [3.63, 3.8) is 0 Å². The second-order valence-electron chi connectivity index (χ2n) is 7.73. The number of hydrogen-bond acceptors (Lipinski definition) is 8. The number of para-hydroxylation sites is 1. The SMILES string of the molecule is Nc1nc(OC(c2ccccc2-n2cncn2)C(F)(F)F)cc(-c2ccc(C[C@H](N)C(=O)O)cc2)n1. The number of rotatable bonds is 8. The normalized spacial score (nSPS) is 13.2. The van der Waals surface area contributed by atoms with Crippen LogP contribution in [0, 0.1) is 0 Å². The number of ether oxygens (including phenoxy) is 1. The highest BCUT2D eigenvalue weighted by molar-refractivity contribution is 5.73. The molecule has 13 heteroatoms. The number of aliphatic carboxylic acids is 1. The van der Waals surface area contributed by atoms with Crippen LogP contribution >= 0.6 is 0 Å². The molecular weight excluding hydrogens is 479 g/mol. The molecule has 5 N–H and O–H groups in total. The van der Waals surface area contributed by atoms with Crippen molar-refractivity contribution in [3.8, 4) is 22.8 Å². The Balaban J connectivity index is 1.65. The van der Waals surface area contributed by atoms with Crippen LogP contribution in [0.25, 0.3) is 16.9 Å². The number of hydrogen-bond donors (Lipinski definition) is 3. The van der Waals surface area contributed by atoms with E-state index in [9.17, 15) is 18.0 Å². The average molecular weight is 499 g/mol. The van der Waals surface area contributed by atoms with Crippen molar-refractivity contribution in [2.75, 3.05) is 5.73 Å². The van der Waals surface area contributed by atoms with Gasteiger partial charge in [-0.25, -0.2) is 14.6 Å². The van der Waals surface area contributed by atoms with E-state index in [0.717, 1.165) is 0 Å². The lowest BCUT2D eigenvalue weighted by Gasteiger charge is -2.23. The molecule has 2 heterocycles. The predicted molar refractivity (Wildman–Crippen MR) is 122 cm³/mol. The molecule has 0 amide bonds. The molecule has 2 aromatic carbocycles. The number of carboxylic acid groups (broad SMARTS) is 1. The first kappa shape index (κ1) is 24.6. The Bertz CT molecular complexity index is 1350. The van der Waals surface area contributed by atoms with E-state index >= 15 is 0 Å². The number of benzene rings is 2. The first-order valence-corrected chi connectivity index (χ1v) is 10.5. The van der Waals surface area contributed by atoms with Gasteiger partial charge >= 0.3 is 12.1 Å². The molecule has 0 aliphatic carbocycles. The largest absolute Gasteiger partial charge is 0.480 e. The minimum atomic E-state index is -4.80. The first-order chi connectivity index (χ1) is 17.1. The summed E-state index contributed by atoms with van der Waals surface area (Å²) in [5.74, 6) is -1.80. The van der Waals surface area contributed by atoms with Crippen LogP contribution in [0.4, 0.5) is 19.1 Å². The Labute approximate surface area is 202 Å². The van der Waals surface area contributed by atoms with Crippen molar-refractivity contribution in [3.05, 3.63) is 78.4 Å². The third kappa shape index (κ3) is 5.58. The number of aromatic nitrogens is 5. The van der Waals surface area contributed by atoms with Crippen molar-refractivity contribution in [2.24, 2.45) is 5.73 Å². The lowest BCUT2D eigenvalue weighted by molar-refractivity contribution is -0.198. The van der Waals surface area contributed by atoms with Crippen molar-refractivity contribution < 1.29 is 27.8 Å². The van der Waals surface area contributed by atoms with Crippen LogP contribution in [0.5, 0.6) is 5.88 Å². The minimum absolute atomic E-state index is 0.105. The third-order valence-corrected chi connectivity index (χ3v) is 5.16. The van der Waals surface area contributed by atoms with E-state index in [0.29, 0.717) is 11.1 Å². The van der Waals surface area contributed by atoms with Crippen LogP contribution in [0.3, 0.4) is 0 Å². The summed E-state index contributed by atoms with van der Waals surface area (Å²) < 4.78 is 49.0. The zero-order chi connectivity index (χ0) is 25.9. The monoisotopic (exact) mass is 499 g/mol. The summed E-state index contributed by atoms with van der Waals surface area (Å²) in [7, 11) is 0. The molecule has 0 saturated heterocycles. The van der Waals surface area contributed by atoms with E-state index in [1.165, 1.54) is 41.6 Å². The number of carboxylic acids is 1. The summed E-state index contributed by atoms with van der Waals surface area (Å²) in [4.78, 5) is 22.7. The van der Waals surface area contributed by atoms with Gasteiger partial charge in [0.2, 0.25) is 17.9 Å². The van der Waals surface area contributed by atoms with Crippen LogP contribution in [0.1, 0.15) is 17.2 Å². The highest BCUT2D eigenvalue weighted by Crippen LogP contribution is 2.39. The fraction of sp³-hybridized carbons (Fsp3) is 0.174. The Hall–Kier alpha value is -4.52. The molecule has 4 aromatic rings. The summed E-state index contributed by atoms with van der Waals surface area (Å²) >= 11 is 0. The molecular formula is C23H20F3N7O3. The number of nitrogens with two attached hydrogens (primary N) is 2. The van der Waals surface area contributed by atoms with Gasteiger partial charge in [0.25, 0.3) is 0 Å². The molecule has 0 bridgehead atoms. The molecule has 36 heavy (non-hydrogen) atoms. The number of halogens is 3. The lowest BCUT2D eigenvalue weighted by Crippen LogP contribution is -2.32. The summed E-state index contributed by atoms with van der Waals surface area (Å²) in [5, 5.41) is 12.9. The number of nitrogens with zero attached hydrogens (tertiary/aromatic N) is 5. The van der Waals surface area contributed by atoms with E-state index in [4.69, 9.17) is 21.3 Å². The lowest BCUT2D eigenvalue weighted by atomic mass is 10.0. The first-order valence-electron chi connectivity index (χ1n) is 10.5. The van der Waals surface area contributed by atoms with Gasteiger partial charge in [0, 0.05) is 17.2 Å². The Morgan fingerprint density at radius 2 is 1.83 bits per heavy atom. The molecule has 0 spiro atoms. The summed E-state index contributed by atoms with van der Waals surface area (Å²) in [6, 6.07) is 12.5. The molecule has 0 aliphatic rings. The second kappa shape index (κ2) is 10.00. The van der Waals surface area contributed by atoms with Crippen molar-refractivity contribution >= 4 is 11.9 Å². The van der Waals surface area contributed by atoms with Crippen LogP contribution < -0.4 is 16.2 Å². The van der Waals surface area contributed by atoms with E-state index in [1.54, 1.807) is 30.3 Å². The third-order valence-electron chi connectivity index (χ3n) is 5.16. The molecule has 0 aliphatic heterocycles. The number of carbonyl (C=O) groups is 1. The van der Waals surface area contributed by atoms with Gasteiger partial charge in [-0.2, -0.15) is 23.3 Å². The van der Waals surface area contributed by atoms with Crippen LogP contribution in [-0.2, 0) is 11.2 Å². The van der Waals surface area contributed by atoms with E-state index in [2.05, 4.69) is 20.1 Å². The predicted octanol–water partition coefficient (Wildman–Crippen LogP) is 2.94. The maximum absolute atomic E-state index is 14.1. The molecule has 186 valence electrons. The summed E-state index contributed by atoms with van der Waals surface area (Å²) in [5.41, 5.74) is 12.6. The number of alkyl halides is 3. The van der Waals surface area contributed by atoms with E-state index < -0.39 is 24.3 Å². The van der Waals surface area contributed by atoms with Gasteiger partial charge in [0.05, 0.1) is 11.4 Å². The molecule has 4 rings (SSSR count). The molecule has 0 radical (unpaired) electrons. The molecule has 1 unspecified atom stereocenters. The van der Waals surface area contributed by atoms with Crippen molar-refractivity contribution in [2.45, 2.75) is 24.7 Å². The maximum Gasteiger partial charge on any atom is 0.429 e. The van der Waals surface area contributed by atoms with Gasteiger partial charge < -0.3 is 21.3 Å². The van der Waals surface area contributed by atoms with Gasteiger partial charge in [-0.15, -0.1) is 0 Å². The number of anilines is 1. The molecule has 0 saturated carbocycles. The average Bonchev–Trinajstić information content (AvgIpc) is 3.37. The van der Waals surface area contributed by atoms with E-state index in [-0.39, 0.29) is 35.2 Å². The van der Waals surface area contributed by atoms with Crippen LogP contribution in [0.15, 0.2) is 67.3 Å². The molecule has 0 fully saturated rings. The zero-order valence-corrected chi connectivity index (χ0v) is 18.5. The van der Waals surface area contributed by atoms with E-state index in [1.807, 2.05) is 0 Å². The molecule has 2 atom stereocenters. The minimum Gasteiger partial charge on any atom is -0.480 e. The quantitative estimate of drug-likeness (QED) is 0.332. The second-order valence-corrected chi connectivity index (χ2v) is 7.73. The summed E-state index contributed by atoms with van der Waals surface area (Å²) in [6.07, 6.45) is -4.60. The smallest absolute Gasteiger partial charge is 0.429 e. The Morgan fingerprint density at radius 1 is 1.11 bits per heavy atom. The fourth-order valence-electron chi connectivity index (χ4n) is 3.48. The van der Waals surface area contributed by atoms with Crippen molar-refractivity contribution in [1.82, 2.24) is 24.7 Å². The van der Waals surface area contributed by atoms with Gasteiger partial charge in [0.1, 0.15) is 18.7 Å². The zero-order valence-electron chi connectivity index (χ0n) is 18.5. The summed E-state index contributed by atoms with van der Waals surface area (Å²) in [6.45, 7) is 0. The fourth-order valence-corrected chi connectivity index (χ4v) is 3.48. The maximum atomic E-state index is 14.1. The van der Waals surface area contributed by atoms with Gasteiger partial charge in [-0.05, 0) is 18.1 Å². The van der Waals surface area contributed by atoms with Crippen LogP contribution in [-0.4, -0.2) is 48.0 Å². The van der Waals surface area contributed by atoms with Gasteiger partial charge in [0.15, 0.2) is 0 Å². The van der Waals surface area contributed by atoms with Gasteiger partial charge in [-0.3, -0.25) is 4.79 Å². The Kier molecular flexibility index (Phi) is 6.83. The Morgan fingerprint density at radius 3 is 2.47 bits per heavy atom. The standard InChI is InChI=1S/C23H20F3N7O3/c24-23(25,26)20(15-3-1-2-4-18(15)33-12-29-11-30-33)36-19-10-17(31-22(28)32-19)14-7-5-13(6-8-14)9-16(27)21(34)35/h1-8,10-12,16,20H,9,27H2,(H,34,35)(H2,28,31,32)/t16-,20?/m0/s1. The van der Waals surface area contributed by atoms with Crippen molar-refractivity contribution in [1.29, 1.82) is 0 Å². The molecule has 10 nitrogen and oxygen atoms in total. The topological polar surface area (TPSA) is 155 Å².